The summed E-state index contributed by atoms with van der Waals surface area (Å²) in [6.07, 6.45) is -2.02. The maximum atomic E-state index is 12.2. The van der Waals surface area contributed by atoms with Crippen molar-refractivity contribution in [1.29, 1.82) is 0 Å². The molecule has 0 aliphatic carbocycles. The minimum Gasteiger partial charge on any atom is -0.480 e. The van der Waals surface area contributed by atoms with Crippen LogP contribution in [0.5, 0.6) is 0 Å². The maximum absolute atomic E-state index is 12.2. The first-order valence-electron chi connectivity index (χ1n) is 4.19. The molecule has 0 saturated heterocycles. The minimum atomic E-state index is -4.51. The number of carboxylic acids is 1. The van der Waals surface area contributed by atoms with E-state index < -0.39 is 25.2 Å². The van der Waals surface area contributed by atoms with Crippen LogP contribution in [0.4, 0.5) is 19.1 Å². The van der Waals surface area contributed by atoms with Crippen molar-refractivity contribution >= 4 is 11.9 Å². The zero-order valence-electron chi connectivity index (χ0n) is 7.98. The normalized spacial score (nSPS) is 11.2. The van der Waals surface area contributed by atoms with Crippen LogP contribution in [0, 0.1) is 0 Å². The predicted octanol–water partition coefficient (Wildman–Crippen LogP) is 0.930. The first kappa shape index (κ1) is 12.2. The number of aliphatic carboxylic acids is 1. The Bertz CT molecular complexity index is 355. The standard InChI is InChI=1S/C8H8F3N3O2/c9-8(10,11)5-14(4-6(15)16)7-12-2-1-3-13-7/h1-3H,4-5H2,(H,15,16). The topological polar surface area (TPSA) is 66.3 Å². The number of halogens is 3. The van der Waals surface area contributed by atoms with E-state index in [1.54, 1.807) is 0 Å². The summed E-state index contributed by atoms with van der Waals surface area (Å²) in [5.41, 5.74) is 0. The van der Waals surface area contributed by atoms with Crippen LogP contribution in [0.15, 0.2) is 18.5 Å². The molecule has 0 amide bonds. The van der Waals surface area contributed by atoms with Crippen molar-refractivity contribution in [3.63, 3.8) is 0 Å². The molecule has 8 heteroatoms. The molecule has 0 bridgehead atoms. The molecule has 1 aromatic heterocycles. The Labute approximate surface area is 88.5 Å². The van der Waals surface area contributed by atoms with Crippen LogP contribution in [-0.2, 0) is 4.79 Å². The molecular weight excluding hydrogens is 227 g/mol. The number of anilines is 1. The molecule has 1 heterocycles. The smallest absolute Gasteiger partial charge is 0.406 e. The fourth-order valence-corrected chi connectivity index (χ4v) is 1.03. The van der Waals surface area contributed by atoms with Gasteiger partial charge < -0.3 is 10.0 Å². The van der Waals surface area contributed by atoms with Crippen LogP contribution in [0.1, 0.15) is 0 Å². The predicted molar refractivity (Wildman–Crippen MR) is 47.9 cm³/mol. The van der Waals surface area contributed by atoms with Gasteiger partial charge >= 0.3 is 12.1 Å². The third-order valence-corrected chi connectivity index (χ3v) is 1.53. The summed E-state index contributed by atoms with van der Waals surface area (Å²) < 4.78 is 36.5. The van der Waals surface area contributed by atoms with Crippen LogP contribution in [0.2, 0.25) is 0 Å². The summed E-state index contributed by atoms with van der Waals surface area (Å²) in [7, 11) is 0. The highest BCUT2D eigenvalue weighted by Crippen LogP contribution is 2.18. The Morgan fingerprint density at radius 3 is 2.38 bits per heavy atom. The molecular formula is C8H8F3N3O2. The van der Waals surface area contributed by atoms with Gasteiger partial charge in [0.1, 0.15) is 13.1 Å². The summed E-state index contributed by atoms with van der Waals surface area (Å²) in [5.74, 6) is -1.64. The van der Waals surface area contributed by atoms with Crippen LogP contribution in [-0.4, -0.2) is 40.3 Å². The lowest BCUT2D eigenvalue weighted by Crippen LogP contribution is -2.38. The molecule has 0 aliphatic rings. The Morgan fingerprint density at radius 1 is 1.38 bits per heavy atom. The molecule has 1 aromatic rings. The molecule has 0 fully saturated rings. The number of carboxylic acid groups (broad SMARTS) is 1. The number of carbonyl (C=O) groups is 1. The van der Waals surface area contributed by atoms with E-state index in [1.165, 1.54) is 18.5 Å². The Kier molecular flexibility index (Phi) is 3.64. The molecule has 0 aromatic carbocycles. The number of hydrogen-bond donors (Lipinski definition) is 1. The molecule has 1 rings (SSSR count). The average molecular weight is 235 g/mol. The zero-order chi connectivity index (χ0) is 12.2. The van der Waals surface area contributed by atoms with Gasteiger partial charge in [-0.1, -0.05) is 0 Å². The van der Waals surface area contributed by atoms with Crippen molar-refractivity contribution in [2.45, 2.75) is 6.18 Å². The number of rotatable bonds is 4. The van der Waals surface area contributed by atoms with Gasteiger partial charge in [0, 0.05) is 12.4 Å². The van der Waals surface area contributed by atoms with Crippen molar-refractivity contribution in [3.8, 4) is 0 Å². The fraction of sp³-hybridized carbons (Fsp3) is 0.375. The number of aromatic nitrogens is 2. The van der Waals surface area contributed by atoms with Gasteiger partial charge in [-0.25, -0.2) is 9.97 Å². The van der Waals surface area contributed by atoms with Gasteiger partial charge in [-0.2, -0.15) is 13.2 Å². The molecule has 0 unspecified atom stereocenters. The van der Waals surface area contributed by atoms with Gasteiger partial charge in [0.2, 0.25) is 5.95 Å². The average Bonchev–Trinajstić information content (AvgIpc) is 2.15. The molecule has 0 atom stereocenters. The highest BCUT2D eigenvalue weighted by molar-refractivity contribution is 5.72. The van der Waals surface area contributed by atoms with Gasteiger partial charge in [-0.15, -0.1) is 0 Å². The fourth-order valence-electron chi connectivity index (χ4n) is 1.03. The van der Waals surface area contributed by atoms with E-state index in [4.69, 9.17) is 5.11 Å². The van der Waals surface area contributed by atoms with Crippen molar-refractivity contribution in [3.05, 3.63) is 18.5 Å². The Hall–Kier alpha value is -1.86. The van der Waals surface area contributed by atoms with E-state index in [2.05, 4.69) is 9.97 Å². The van der Waals surface area contributed by atoms with Crippen LogP contribution in [0.25, 0.3) is 0 Å². The zero-order valence-corrected chi connectivity index (χ0v) is 7.98. The molecule has 0 spiro atoms. The Balaban J connectivity index is 2.84. The van der Waals surface area contributed by atoms with E-state index in [1.807, 2.05) is 0 Å². The highest BCUT2D eigenvalue weighted by atomic mass is 19.4. The van der Waals surface area contributed by atoms with Gasteiger partial charge in [-0.3, -0.25) is 4.79 Å². The molecule has 5 nitrogen and oxygen atoms in total. The summed E-state index contributed by atoms with van der Waals surface area (Å²) in [6.45, 7) is -2.20. The van der Waals surface area contributed by atoms with Crippen molar-refractivity contribution < 1.29 is 23.1 Å². The Morgan fingerprint density at radius 2 is 1.94 bits per heavy atom. The second-order valence-corrected chi connectivity index (χ2v) is 2.91. The summed E-state index contributed by atoms with van der Waals surface area (Å²) in [5, 5.41) is 8.48. The highest BCUT2D eigenvalue weighted by Gasteiger charge is 2.32. The summed E-state index contributed by atoms with van der Waals surface area (Å²) in [6, 6.07) is 1.43. The quantitative estimate of drug-likeness (QED) is 0.840. The lowest BCUT2D eigenvalue weighted by atomic mass is 10.4. The van der Waals surface area contributed by atoms with Crippen molar-refractivity contribution in [2.75, 3.05) is 18.0 Å². The lowest BCUT2D eigenvalue weighted by Gasteiger charge is -2.21. The van der Waals surface area contributed by atoms with Gasteiger partial charge in [0.25, 0.3) is 0 Å². The second kappa shape index (κ2) is 4.77. The number of nitrogens with zero attached hydrogens (tertiary/aromatic N) is 3. The van der Waals surface area contributed by atoms with E-state index >= 15 is 0 Å². The molecule has 1 N–H and O–H groups in total. The lowest BCUT2D eigenvalue weighted by molar-refractivity contribution is -0.136. The molecule has 0 saturated carbocycles. The summed E-state index contributed by atoms with van der Waals surface area (Å²) >= 11 is 0. The molecule has 0 radical (unpaired) electrons. The first-order chi connectivity index (χ1) is 7.38. The van der Waals surface area contributed by atoms with Crippen LogP contribution in [0.3, 0.4) is 0 Å². The van der Waals surface area contributed by atoms with E-state index in [0.29, 0.717) is 4.90 Å². The second-order valence-electron chi connectivity index (χ2n) is 2.91. The van der Waals surface area contributed by atoms with Crippen molar-refractivity contribution in [2.24, 2.45) is 0 Å². The SMILES string of the molecule is O=C(O)CN(CC(F)(F)F)c1ncccn1. The summed E-state index contributed by atoms with van der Waals surface area (Å²) in [4.78, 5) is 18.1. The van der Waals surface area contributed by atoms with Crippen LogP contribution < -0.4 is 4.90 Å². The molecule has 0 aliphatic heterocycles. The van der Waals surface area contributed by atoms with Crippen molar-refractivity contribution in [1.82, 2.24) is 9.97 Å². The van der Waals surface area contributed by atoms with Crippen LogP contribution >= 0.6 is 0 Å². The third kappa shape index (κ3) is 4.11. The molecule has 88 valence electrons. The van der Waals surface area contributed by atoms with E-state index in [0.717, 1.165) is 0 Å². The monoisotopic (exact) mass is 235 g/mol. The van der Waals surface area contributed by atoms with Gasteiger partial charge in [-0.05, 0) is 6.07 Å². The van der Waals surface area contributed by atoms with E-state index in [-0.39, 0.29) is 5.95 Å². The van der Waals surface area contributed by atoms with E-state index in [9.17, 15) is 18.0 Å². The third-order valence-electron chi connectivity index (χ3n) is 1.53. The minimum absolute atomic E-state index is 0.262. The first-order valence-corrected chi connectivity index (χ1v) is 4.19. The number of alkyl halides is 3. The largest absolute Gasteiger partial charge is 0.480 e. The number of hydrogen-bond acceptors (Lipinski definition) is 4. The van der Waals surface area contributed by atoms with Gasteiger partial charge in [0.05, 0.1) is 0 Å². The maximum Gasteiger partial charge on any atom is 0.406 e. The van der Waals surface area contributed by atoms with Gasteiger partial charge in [0.15, 0.2) is 0 Å². The molecule has 16 heavy (non-hydrogen) atoms.